The molecule has 0 fully saturated rings. The Labute approximate surface area is 130 Å². The number of ether oxygens (including phenoxy) is 1. The largest absolute Gasteiger partial charge is 0.468 e. The van der Waals surface area contributed by atoms with E-state index in [1.165, 1.54) is 12.1 Å². The summed E-state index contributed by atoms with van der Waals surface area (Å²) in [6.45, 7) is 0. The molecule has 1 heterocycles. The summed E-state index contributed by atoms with van der Waals surface area (Å²) in [7, 11) is 0. The van der Waals surface area contributed by atoms with E-state index in [1.54, 1.807) is 24.3 Å². The lowest BCUT2D eigenvalue weighted by Crippen LogP contribution is -2.45. The van der Waals surface area contributed by atoms with E-state index >= 15 is 0 Å². The number of para-hydroxylation sites is 2. The van der Waals surface area contributed by atoms with Crippen molar-refractivity contribution in [2.75, 3.05) is 10.6 Å². The first-order valence-corrected chi connectivity index (χ1v) is 6.75. The fourth-order valence-electron chi connectivity index (χ4n) is 2.01. The van der Waals surface area contributed by atoms with Crippen LogP contribution in [0.5, 0.6) is 5.75 Å². The smallest absolute Gasteiger partial charge is 0.275 e. The number of carbonyl (C=O) groups excluding carboxylic acids is 2. The second kappa shape index (κ2) is 5.65. The molecule has 0 radical (unpaired) electrons. The summed E-state index contributed by atoms with van der Waals surface area (Å²) in [6, 6.07) is 10.5. The van der Waals surface area contributed by atoms with E-state index in [0.717, 1.165) is 6.07 Å². The zero-order valence-corrected chi connectivity index (χ0v) is 11.9. The average molecular weight is 321 g/mol. The van der Waals surface area contributed by atoms with Crippen LogP contribution in [0.3, 0.4) is 0 Å². The minimum atomic E-state index is -1.40. The molecule has 1 aliphatic heterocycles. The Morgan fingerprint density at radius 3 is 2.82 bits per heavy atom. The molecule has 2 amide bonds. The normalized spacial score (nSPS) is 16.3. The number of benzene rings is 2. The molecule has 2 N–H and O–H groups in total. The van der Waals surface area contributed by atoms with Gasteiger partial charge < -0.3 is 15.4 Å². The third-order valence-electron chi connectivity index (χ3n) is 3.06. The molecule has 0 saturated heterocycles. The van der Waals surface area contributed by atoms with Gasteiger partial charge in [-0.3, -0.25) is 9.59 Å². The summed E-state index contributed by atoms with van der Waals surface area (Å²) in [5.41, 5.74) is 0.402. The van der Waals surface area contributed by atoms with E-state index < -0.39 is 23.7 Å². The van der Waals surface area contributed by atoms with Gasteiger partial charge in [0.15, 0.2) is 0 Å². The zero-order valence-electron chi connectivity index (χ0n) is 11.1. The number of anilines is 2. The highest BCUT2D eigenvalue weighted by Gasteiger charge is 2.34. The van der Waals surface area contributed by atoms with E-state index in [1.807, 2.05) is 0 Å². The Morgan fingerprint density at radius 2 is 2.05 bits per heavy atom. The molecule has 112 valence electrons. The van der Waals surface area contributed by atoms with Crippen LogP contribution in [0.4, 0.5) is 15.8 Å². The second-order valence-corrected chi connectivity index (χ2v) is 5.03. The van der Waals surface area contributed by atoms with Gasteiger partial charge in [-0.15, -0.1) is 0 Å². The highest BCUT2D eigenvalue weighted by molar-refractivity contribution is 6.30. The molecule has 1 unspecified atom stereocenters. The zero-order chi connectivity index (χ0) is 15.7. The minimum Gasteiger partial charge on any atom is -0.468 e. The van der Waals surface area contributed by atoms with Gasteiger partial charge in [-0.1, -0.05) is 23.7 Å². The Balaban J connectivity index is 1.79. The standard InChI is InChI=1S/C15H10ClFN2O3/c16-8-5-6-10(9(17)7-8)18-14(20)13-15(21)19-11-3-1-2-4-12(11)22-13/h1-7,13H,(H,18,20)(H,19,21). The van der Waals surface area contributed by atoms with Crippen molar-refractivity contribution in [3.05, 3.63) is 53.3 Å². The van der Waals surface area contributed by atoms with Gasteiger partial charge in [0.1, 0.15) is 11.6 Å². The monoisotopic (exact) mass is 320 g/mol. The van der Waals surface area contributed by atoms with Crippen molar-refractivity contribution in [3.8, 4) is 5.75 Å². The number of fused-ring (bicyclic) bond motifs is 1. The number of carbonyl (C=O) groups is 2. The van der Waals surface area contributed by atoms with Crippen LogP contribution in [-0.4, -0.2) is 17.9 Å². The minimum absolute atomic E-state index is 0.0790. The number of amides is 2. The third kappa shape index (κ3) is 2.73. The van der Waals surface area contributed by atoms with Crippen molar-refractivity contribution >= 4 is 34.8 Å². The van der Waals surface area contributed by atoms with Crippen LogP contribution >= 0.6 is 11.6 Å². The quantitative estimate of drug-likeness (QED) is 0.836. The van der Waals surface area contributed by atoms with Gasteiger partial charge in [-0.25, -0.2) is 4.39 Å². The Hall–Kier alpha value is -2.60. The van der Waals surface area contributed by atoms with Gasteiger partial charge >= 0.3 is 0 Å². The van der Waals surface area contributed by atoms with Crippen molar-refractivity contribution in [3.63, 3.8) is 0 Å². The fourth-order valence-corrected chi connectivity index (χ4v) is 2.17. The van der Waals surface area contributed by atoms with Gasteiger partial charge in [-0.05, 0) is 30.3 Å². The molecule has 2 aromatic carbocycles. The topological polar surface area (TPSA) is 67.4 Å². The lowest BCUT2D eigenvalue weighted by atomic mass is 10.2. The molecule has 0 saturated carbocycles. The number of halogens is 2. The predicted molar refractivity (Wildman–Crippen MR) is 79.5 cm³/mol. The molecule has 3 rings (SSSR count). The highest BCUT2D eigenvalue weighted by atomic mass is 35.5. The van der Waals surface area contributed by atoms with E-state index in [4.69, 9.17) is 16.3 Å². The van der Waals surface area contributed by atoms with E-state index in [-0.39, 0.29) is 10.7 Å². The van der Waals surface area contributed by atoms with E-state index in [2.05, 4.69) is 10.6 Å². The summed E-state index contributed by atoms with van der Waals surface area (Å²) >= 11 is 5.64. The van der Waals surface area contributed by atoms with Crippen LogP contribution < -0.4 is 15.4 Å². The third-order valence-corrected chi connectivity index (χ3v) is 3.29. The molecule has 7 heteroatoms. The first-order valence-electron chi connectivity index (χ1n) is 6.37. The molecular weight excluding hydrogens is 311 g/mol. The number of rotatable bonds is 2. The van der Waals surface area contributed by atoms with E-state index in [9.17, 15) is 14.0 Å². The maximum atomic E-state index is 13.7. The van der Waals surface area contributed by atoms with Crippen LogP contribution in [0.15, 0.2) is 42.5 Å². The van der Waals surface area contributed by atoms with Gasteiger partial charge in [0.2, 0.25) is 0 Å². The van der Waals surface area contributed by atoms with Crippen molar-refractivity contribution in [2.45, 2.75) is 6.10 Å². The molecule has 0 spiro atoms. The fraction of sp³-hybridized carbons (Fsp3) is 0.0667. The molecule has 0 aromatic heterocycles. The molecular formula is C15H10ClFN2O3. The number of hydrogen-bond acceptors (Lipinski definition) is 3. The van der Waals surface area contributed by atoms with Gasteiger partial charge in [0.05, 0.1) is 11.4 Å². The summed E-state index contributed by atoms with van der Waals surface area (Å²) < 4.78 is 19.0. The molecule has 1 aliphatic rings. The van der Waals surface area contributed by atoms with Crippen molar-refractivity contribution in [1.29, 1.82) is 0 Å². The lowest BCUT2D eigenvalue weighted by Gasteiger charge is -2.24. The molecule has 2 aromatic rings. The Kier molecular flexibility index (Phi) is 3.68. The first kappa shape index (κ1) is 14.3. The van der Waals surface area contributed by atoms with Crippen molar-refractivity contribution in [2.24, 2.45) is 0 Å². The maximum Gasteiger partial charge on any atom is 0.275 e. The first-order chi connectivity index (χ1) is 10.5. The van der Waals surface area contributed by atoms with Crippen LogP contribution in [0.2, 0.25) is 5.02 Å². The summed E-state index contributed by atoms with van der Waals surface area (Å²) in [5, 5.41) is 5.08. The van der Waals surface area contributed by atoms with Crippen LogP contribution in [-0.2, 0) is 9.59 Å². The molecule has 0 aliphatic carbocycles. The van der Waals surface area contributed by atoms with Crippen LogP contribution in [0, 0.1) is 5.82 Å². The molecule has 1 atom stereocenters. The van der Waals surface area contributed by atoms with Gasteiger partial charge in [-0.2, -0.15) is 0 Å². The average Bonchev–Trinajstić information content (AvgIpc) is 2.49. The van der Waals surface area contributed by atoms with Crippen LogP contribution in [0.1, 0.15) is 0 Å². The maximum absolute atomic E-state index is 13.7. The Bertz CT molecular complexity index is 766. The summed E-state index contributed by atoms with van der Waals surface area (Å²) in [4.78, 5) is 24.0. The predicted octanol–water partition coefficient (Wildman–Crippen LogP) is 2.82. The molecule has 0 bridgehead atoms. The number of nitrogens with one attached hydrogen (secondary N) is 2. The summed E-state index contributed by atoms with van der Waals surface area (Å²) in [5.74, 6) is -1.71. The second-order valence-electron chi connectivity index (χ2n) is 4.60. The van der Waals surface area contributed by atoms with Gasteiger partial charge in [0.25, 0.3) is 17.9 Å². The molecule has 22 heavy (non-hydrogen) atoms. The van der Waals surface area contributed by atoms with Gasteiger partial charge in [0, 0.05) is 5.02 Å². The Morgan fingerprint density at radius 1 is 1.27 bits per heavy atom. The van der Waals surface area contributed by atoms with Crippen LogP contribution in [0.25, 0.3) is 0 Å². The lowest BCUT2D eigenvalue weighted by molar-refractivity contribution is -0.133. The van der Waals surface area contributed by atoms with Crippen molar-refractivity contribution in [1.82, 2.24) is 0 Å². The van der Waals surface area contributed by atoms with Crippen molar-refractivity contribution < 1.29 is 18.7 Å². The summed E-state index contributed by atoms with van der Waals surface area (Å²) in [6.07, 6.45) is -1.40. The van der Waals surface area contributed by atoms with E-state index in [0.29, 0.717) is 11.4 Å². The number of hydrogen-bond donors (Lipinski definition) is 2. The SMILES string of the molecule is O=C(Nc1ccc(Cl)cc1F)C1Oc2ccccc2NC1=O. The molecule has 5 nitrogen and oxygen atoms in total. The highest BCUT2D eigenvalue weighted by Crippen LogP contribution is 2.29.